The summed E-state index contributed by atoms with van der Waals surface area (Å²) >= 11 is 0. The molecule has 0 aromatic heterocycles. The highest BCUT2D eigenvalue weighted by atomic mass is 16.3. The van der Waals surface area contributed by atoms with Gasteiger partial charge in [0.25, 0.3) is 0 Å². The molecule has 0 saturated heterocycles. The molecule has 0 aliphatic carbocycles. The summed E-state index contributed by atoms with van der Waals surface area (Å²) in [6.07, 6.45) is -1.65. The number of aromatic hydroxyl groups is 2. The Hall–Kier alpha value is -8.20. The maximum atomic E-state index is 14.5. The van der Waals surface area contributed by atoms with Gasteiger partial charge in [-0.25, -0.2) is 0 Å². The van der Waals surface area contributed by atoms with Crippen LogP contribution in [0.15, 0.2) is 78.9 Å². The van der Waals surface area contributed by atoms with Crippen LogP contribution in [0.4, 0.5) is 0 Å². The predicted molar refractivity (Wildman–Crippen MR) is 310 cm³/mol. The van der Waals surface area contributed by atoms with Gasteiger partial charge in [-0.15, -0.1) is 0 Å². The van der Waals surface area contributed by atoms with Crippen molar-refractivity contribution in [1.82, 2.24) is 47.9 Å². The van der Waals surface area contributed by atoms with Gasteiger partial charge < -0.3 is 85.5 Å². The summed E-state index contributed by atoms with van der Waals surface area (Å²) in [5, 5.41) is 64.9. The average molecular weight is 1180 g/mol. The van der Waals surface area contributed by atoms with E-state index in [2.05, 4.69) is 47.9 Å². The SMILES string of the molecule is CC[C@H](C)[C@H](NC(C)=O)C(=O)N[C@@H](C)C(=O)N[C@H](C(=O)N[C@@H](Cc1ccccc1)C(=O)N[C@@H](CCCCN)C(=O)N[C@H](C(=O)N[C@@H](Cc1ccc(O)cc1)C(=O)N[C@@H](Cc1ccc(O)cc1)C(=O)N[C@@H](CCCCN)C(N)=O)[C@@H](C)O)[C@@H](C)O. The molecule has 26 nitrogen and oxygen atoms in total. The topological polar surface area (TPSA) is 438 Å². The van der Waals surface area contributed by atoms with E-state index in [1.807, 2.05) is 6.92 Å². The van der Waals surface area contributed by atoms with Crippen LogP contribution in [0.3, 0.4) is 0 Å². The van der Waals surface area contributed by atoms with E-state index in [1.165, 1.54) is 76.2 Å². The van der Waals surface area contributed by atoms with E-state index in [4.69, 9.17) is 17.2 Å². The number of rotatable bonds is 36. The van der Waals surface area contributed by atoms with Gasteiger partial charge in [0, 0.05) is 26.2 Å². The van der Waals surface area contributed by atoms with E-state index in [0.29, 0.717) is 48.9 Å². The van der Waals surface area contributed by atoms with Gasteiger partial charge in [-0.2, -0.15) is 0 Å². The van der Waals surface area contributed by atoms with Gasteiger partial charge in [0.2, 0.25) is 59.1 Å². The summed E-state index contributed by atoms with van der Waals surface area (Å²) in [6.45, 7) is 9.07. The Morgan fingerprint density at radius 1 is 0.429 bits per heavy atom. The van der Waals surface area contributed by atoms with Gasteiger partial charge in [-0.3, -0.25) is 47.9 Å². The molecule has 10 amide bonds. The van der Waals surface area contributed by atoms with Crippen LogP contribution in [0.1, 0.15) is 103 Å². The molecule has 12 atom stereocenters. The zero-order valence-corrected chi connectivity index (χ0v) is 48.5. The molecule has 0 saturated carbocycles. The molecule has 0 aliphatic rings. The number of phenols is 2. The first-order valence-electron chi connectivity index (χ1n) is 28.1. The van der Waals surface area contributed by atoms with Gasteiger partial charge in [-0.1, -0.05) is 74.9 Å². The molecule has 0 heterocycles. The highest BCUT2D eigenvalue weighted by molar-refractivity contribution is 5.99. The molecule has 3 aromatic carbocycles. The summed E-state index contributed by atoms with van der Waals surface area (Å²) in [7, 11) is 0. The number of carbonyl (C=O) groups is 10. The number of aliphatic hydroxyl groups excluding tert-OH is 2. The second-order valence-electron chi connectivity index (χ2n) is 21.0. The molecule has 0 fully saturated rings. The average Bonchev–Trinajstić information content (AvgIpc) is 3.50. The van der Waals surface area contributed by atoms with E-state index >= 15 is 0 Å². The third-order valence-electron chi connectivity index (χ3n) is 13.9. The van der Waals surface area contributed by atoms with Crippen molar-refractivity contribution < 1.29 is 68.4 Å². The van der Waals surface area contributed by atoms with Crippen molar-refractivity contribution in [3.63, 3.8) is 0 Å². The van der Waals surface area contributed by atoms with Crippen LogP contribution in [-0.2, 0) is 67.2 Å². The number of aliphatic hydroxyl groups is 2. The Bertz CT molecular complexity index is 2650. The van der Waals surface area contributed by atoms with Crippen molar-refractivity contribution in [2.24, 2.45) is 23.1 Å². The van der Waals surface area contributed by atoms with Crippen molar-refractivity contribution in [1.29, 1.82) is 0 Å². The summed E-state index contributed by atoms with van der Waals surface area (Å²) in [6, 6.07) is 7.00. The van der Waals surface area contributed by atoms with Crippen LogP contribution in [0.25, 0.3) is 0 Å². The third-order valence-corrected chi connectivity index (χ3v) is 13.9. The fourth-order valence-corrected chi connectivity index (χ4v) is 8.73. The Morgan fingerprint density at radius 2 is 0.786 bits per heavy atom. The maximum absolute atomic E-state index is 14.5. The zero-order chi connectivity index (χ0) is 62.6. The minimum Gasteiger partial charge on any atom is -0.508 e. The van der Waals surface area contributed by atoms with Gasteiger partial charge in [0.15, 0.2) is 0 Å². The van der Waals surface area contributed by atoms with Crippen LogP contribution < -0.4 is 65.1 Å². The van der Waals surface area contributed by atoms with Crippen LogP contribution in [0.5, 0.6) is 11.5 Å². The first kappa shape index (κ1) is 70.1. The minimum atomic E-state index is -1.81. The lowest BCUT2D eigenvalue weighted by atomic mass is 9.98. The molecule has 3 aromatic rings. The van der Waals surface area contributed by atoms with Crippen LogP contribution >= 0.6 is 0 Å². The summed E-state index contributed by atoms with van der Waals surface area (Å²) in [5.41, 5.74) is 18.5. The summed E-state index contributed by atoms with van der Waals surface area (Å²) in [5.74, 6) is -9.11. The molecule has 19 N–H and O–H groups in total. The number of nitrogens with two attached hydrogens (primary N) is 3. The molecular weight excluding hydrogens is 1090 g/mol. The monoisotopic (exact) mass is 1170 g/mol. The van der Waals surface area contributed by atoms with Gasteiger partial charge in [-0.05, 0) is 119 Å². The molecule has 26 heteroatoms. The number of phenolic OH excluding ortho intramolecular Hbond substituents is 2. The summed E-state index contributed by atoms with van der Waals surface area (Å²) in [4.78, 5) is 137. The number of benzene rings is 3. The molecule has 462 valence electrons. The fraction of sp³-hybridized carbons (Fsp3) is 0.517. The van der Waals surface area contributed by atoms with Crippen molar-refractivity contribution in [3.8, 4) is 11.5 Å². The lowest BCUT2D eigenvalue weighted by Gasteiger charge is -2.29. The van der Waals surface area contributed by atoms with Gasteiger partial charge >= 0.3 is 0 Å². The quantitative estimate of drug-likeness (QED) is 0.0282. The van der Waals surface area contributed by atoms with Crippen LogP contribution in [0.2, 0.25) is 0 Å². The second-order valence-corrected chi connectivity index (χ2v) is 21.0. The highest BCUT2D eigenvalue weighted by Gasteiger charge is 2.37. The lowest BCUT2D eigenvalue weighted by molar-refractivity contribution is -0.137. The second kappa shape index (κ2) is 35.7. The number of amides is 10. The number of hydrogen-bond acceptors (Lipinski definition) is 16. The number of hydrogen-bond donors (Lipinski definition) is 16. The lowest BCUT2D eigenvalue weighted by Crippen LogP contribution is -2.63. The Labute approximate surface area is 489 Å². The maximum Gasteiger partial charge on any atom is 0.245 e. The zero-order valence-electron chi connectivity index (χ0n) is 48.5. The number of primary amides is 1. The molecule has 84 heavy (non-hydrogen) atoms. The highest BCUT2D eigenvalue weighted by Crippen LogP contribution is 2.16. The van der Waals surface area contributed by atoms with E-state index in [1.54, 1.807) is 37.3 Å². The number of unbranched alkanes of at least 4 members (excludes halogenated alkanes) is 2. The number of carbonyl (C=O) groups excluding carboxylic acids is 10. The standard InChI is InChI=1S/C58H86N12O14/c1-7-32(2)47(63-36(6)73)56(82)62-33(3)51(77)69-48(34(4)71)57(83)67-45(29-37-15-9-8-10-16-37)54(80)65-43(18-12-14-28-60)52(78)70-49(35(5)72)58(84)68-46(31-39-21-25-41(75)26-22-39)55(81)66-44(30-38-19-23-40(74)24-20-38)53(79)64-42(50(61)76)17-11-13-27-59/h8-10,15-16,19-26,32-35,42-49,71-72,74-75H,7,11-14,17-18,27-31,59-60H2,1-6H3,(H2,61,76)(H,62,82)(H,63,73)(H,64,79)(H,65,80)(H,66,81)(H,67,83)(H,68,84)(H,69,77)(H,70,78)/t32-,33-,34+,35+,42-,43-,44-,45-,46-,47-,48-,49-/m0/s1. The van der Waals surface area contributed by atoms with E-state index in [-0.39, 0.29) is 62.5 Å². The first-order chi connectivity index (χ1) is 39.8. The first-order valence-corrected chi connectivity index (χ1v) is 28.1. The van der Waals surface area contributed by atoms with E-state index in [9.17, 15) is 68.4 Å². The smallest absolute Gasteiger partial charge is 0.245 e. The molecule has 3 rings (SSSR count). The molecule has 0 radical (unpaired) electrons. The molecule has 0 bridgehead atoms. The van der Waals surface area contributed by atoms with Crippen molar-refractivity contribution >= 4 is 59.1 Å². The summed E-state index contributed by atoms with van der Waals surface area (Å²) < 4.78 is 0. The van der Waals surface area contributed by atoms with E-state index in [0.717, 1.165) is 0 Å². The Morgan fingerprint density at radius 3 is 1.18 bits per heavy atom. The van der Waals surface area contributed by atoms with E-state index < -0.39 is 126 Å². The molecule has 0 spiro atoms. The number of nitrogens with one attached hydrogen (secondary N) is 9. The van der Waals surface area contributed by atoms with Crippen LogP contribution in [0, 0.1) is 5.92 Å². The molecule has 0 unspecified atom stereocenters. The van der Waals surface area contributed by atoms with Gasteiger partial charge in [0.1, 0.15) is 65.9 Å². The molecular formula is C58H86N12O14. The Balaban J connectivity index is 1.95. The third kappa shape index (κ3) is 23.9. The fourth-order valence-electron chi connectivity index (χ4n) is 8.73. The predicted octanol–water partition coefficient (Wildman–Crippen LogP) is -1.92. The molecule has 0 aliphatic heterocycles. The van der Waals surface area contributed by atoms with Crippen molar-refractivity contribution in [3.05, 3.63) is 95.6 Å². The van der Waals surface area contributed by atoms with Crippen molar-refractivity contribution in [2.45, 2.75) is 172 Å². The van der Waals surface area contributed by atoms with Gasteiger partial charge in [0.05, 0.1) is 12.2 Å². The minimum absolute atomic E-state index is 0.0745. The van der Waals surface area contributed by atoms with Crippen molar-refractivity contribution in [2.75, 3.05) is 13.1 Å². The normalized spacial score (nSPS) is 15.4. The largest absolute Gasteiger partial charge is 0.508 e. The Kier molecular flexibility index (Phi) is 29.8. The van der Waals surface area contributed by atoms with Crippen LogP contribution in [-0.4, -0.2) is 159 Å².